The van der Waals surface area contributed by atoms with Gasteiger partial charge in [-0.05, 0) is 70.2 Å². The normalized spacial score (nSPS) is 15.6. The Hall–Kier alpha value is -2.14. The summed E-state index contributed by atoms with van der Waals surface area (Å²) < 4.78 is 5.46. The molecule has 1 amide bonds. The highest BCUT2D eigenvalue weighted by Crippen LogP contribution is 2.24. The number of carbonyl (C=O) groups excluding carboxylic acids is 1. The fourth-order valence-corrected chi connectivity index (χ4v) is 3.32. The van der Waals surface area contributed by atoms with Crippen LogP contribution in [0.5, 0.6) is 0 Å². The molecule has 2 aromatic heterocycles. The van der Waals surface area contributed by atoms with Gasteiger partial charge in [0.2, 0.25) is 0 Å². The highest BCUT2D eigenvalue weighted by molar-refractivity contribution is 6.30. The lowest BCUT2D eigenvalue weighted by Crippen LogP contribution is -2.42. The second kappa shape index (κ2) is 8.26. The molecule has 0 spiro atoms. The van der Waals surface area contributed by atoms with Gasteiger partial charge in [-0.2, -0.15) is 0 Å². The van der Waals surface area contributed by atoms with E-state index in [-0.39, 0.29) is 6.09 Å². The molecule has 2 aromatic rings. The lowest BCUT2D eigenvalue weighted by molar-refractivity contribution is 0.0184. The summed E-state index contributed by atoms with van der Waals surface area (Å²) in [7, 11) is 0. The van der Waals surface area contributed by atoms with E-state index in [1.54, 1.807) is 6.20 Å². The van der Waals surface area contributed by atoms with Crippen LogP contribution in [0.2, 0.25) is 5.02 Å². The van der Waals surface area contributed by atoms with Crippen LogP contribution in [-0.4, -0.2) is 39.7 Å². The minimum Gasteiger partial charge on any atom is -0.444 e. The SMILES string of the molecule is CC(C)(C)OC(=O)N1CCC(Cc2cccc(-c3ccc(Cl)cn3)n2)CC1. The summed E-state index contributed by atoms with van der Waals surface area (Å²) in [5, 5.41) is 0.617. The third kappa shape index (κ3) is 5.67. The van der Waals surface area contributed by atoms with Gasteiger partial charge < -0.3 is 9.64 Å². The summed E-state index contributed by atoms with van der Waals surface area (Å²) in [5.74, 6) is 0.518. The van der Waals surface area contributed by atoms with Crippen molar-refractivity contribution in [3.63, 3.8) is 0 Å². The van der Waals surface area contributed by atoms with E-state index in [1.807, 2.05) is 49.9 Å². The Labute approximate surface area is 165 Å². The van der Waals surface area contributed by atoms with Crippen molar-refractivity contribution in [3.05, 3.63) is 47.2 Å². The van der Waals surface area contributed by atoms with E-state index in [2.05, 4.69) is 11.1 Å². The second-order valence-electron chi connectivity index (χ2n) is 7.99. The Bertz CT molecular complexity index is 779. The fourth-order valence-electron chi connectivity index (χ4n) is 3.21. The van der Waals surface area contributed by atoms with Crippen LogP contribution < -0.4 is 0 Å². The molecule has 0 atom stereocenters. The van der Waals surface area contributed by atoms with Gasteiger partial charge in [-0.3, -0.25) is 9.97 Å². The fraction of sp³-hybridized carbons (Fsp3) is 0.476. The van der Waals surface area contributed by atoms with E-state index in [9.17, 15) is 4.79 Å². The Balaban J connectivity index is 1.57. The molecule has 0 bridgehead atoms. The number of pyridine rings is 2. The number of nitrogens with zero attached hydrogens (tertiary/aromatic N) is 3. The molecule has 1 aliphatic heterocycles. The number of hydrogen-bond acceptors (Lipinski definition) is 4. The first-order chi connectivity index (χ1) is 12.8. The van der Waals surface area contributed by atoms with Crippen LogP contribution in [0.4, 0.5) is 4.79 Å². The quantitative estimate of drug-likeness (QED) is 0.744. The Morgan fingerprint density at radius 3 is 2.56 bits per heavy atom. The van der Waals surface area contributed by atoms with E-state index in [4.69, 9.17) is 21.3 Å². The summed E-state index contributed by atoms with van der Waals surface area (Å²) in [5.41, 5.74) is 2.28. The monoisotopic (exact) mass is 387 g/mol. The minimum atomic E-state index is -0.450. The average molecular weight is 388 g/mol. The molecule has 3 rings (SSSR count). The first-order valence-corrected chi connectivity index (χ1v) is 9.74. The van der Waals surface area contributed by atoms with Gasteiger partial charge in [-0.25, -0.2) is 4.79 Å². The van der Waals surface area contributed by atoms with Crippen LogP contribution >= 0.6 is 11.6 Å². The summed E-state index contributed by atoms with van der Waals surface area (Å²) in [6.07, 6.45) is 4.26. The topological polar surface area (TPSA) is 55.3 Å². The number of aromatic nitrogens is 2. The summed E-state index contributed by atoms with van der Waals surface area (Å²) in [6, 6.07) is 9.74. The van der Waals surface area contributed by atoms with Crippen molar-refractivity contribution in [1.82, 2.24) is 14.9 Å². The van der Waals surface area contributed by atoms with Gasteiger partial charge in [0, 0.05) is 25.0 Å². The molecular weight excluding hydrogens is 362 g/mol. The Kier molecular flexibility index (Phi) is 6.00. The van der Waals surface area contributed by atoms with Crippen molar-refractivity contribution in [1.29, 1.82) is 0 Å². The van der Waals surface area contributed by atoms with E-state index >= 15 is 0 Å². The average Bonchev–Trinajstić information content (AvgIpc) is 2.62. The van der Waals surface area contributed by atoms with E-state index < -0.39 is 5.60 Å². The van der Waals surface area contributed by atoms with Crippen molar-refractivity contribution in [2.75, 3.05) is 13.1 Å². The van der Waals surface area contributed by atoms with E-state index in [1.165, 1.54) is 0 Å². The maximum Gasteiger partial charge on any atom is 0.410 e. The Morgan fingerprint density at radius 2 is 1.93 bits per heavy atom. The number of carbonyl (C=O) groups is 1. The van der Waals surface area contributed by atoms with Crippen LogP contribution in [0.3, 0.4) is 0 Å². The van der Waals surface area contributed by atoms with Gasteiger partial charge >= 0.3 is 6.09 Å². The molecule has 0 aliphatic carbocycles. The molecule has 0 radical (unpaired) electrons. The molecule has 5 nitrogen and oxygen atoms in total. The smallest absolute Gasteiger partial charge is 0.410 e. The molecule has 3 heterocycles. The van der Waals surface area contributed by atoms with Gasteiger partial charge in [-0.1, -0.05) is 17.7 Å². The second-order valence-corrected chi connectivity index (χ2v) is 8.43. The lowest BCUT2D eigenvalue weighted by atomic mass is 9.92. The number of hydrogen-bond donors (Lipinski definition) is 0. The lowest BCUT2D eigenvalue weighted by Gasteiger charge is -2.33. The van der Waals surface area contributed by atoms with Gasteiger partial charge in [0.25, 0.3) is 0 Å². The molecule has 0 N–H and O–H groups in total. The number of halogens is 1. The van der Waals surface area contributed by atoms with Crippen LogP contribution in [0.25, 0.3) is 11.4 Å². The van der Waals surface area contributed by atoms with Gasteiger partial charge in [0.15, 0.2) is 0 Å². The number of rotatable bonds is 3. The van der Waals surface area contributed by atoms with Crippen molar-refractivity contribution < 1.29 is 9.53 Å². The van der Waals surface area contributed by atoms with Gasteiger partial charge in [0.05, 0.1) is 16.4 Å². The zero-order chi connectivity index (χ0) is 19.4. The zero-order valence-electron chi connectivity index (χ0n) is 16.1. The Morgan fingerprint density at radius 1 is 1.19 bits per heavy atom. The van der Waals surface area contributed by atoms with Crippen LogP contribution in [0.15, 0.2) is 36.5 Å². The summed E-state index contributed by atoms with van der Waals surface area (Å²) >= 11 is 5.91. The zero-order valence-corrected chi connectivity index (χ0v) is 16.9. The molecular formula is C21H26ClN3O2. The van der Waals surface area contributed by atoms with Gasteiger partial charge in [-0.15, -0.1) is 0 Å². The highest BCUT2D eigenvalue weighted by Gasteiger charge is 2.27. The van der Waals surface area contributed by atoms with Crippen molar-refractivity contribution >= 4 is 17.7 Å². The minimum absolute atomic E-state index is 0.213. The van der Waals surface area contributed by atoms with Gasteiger partial charge in [0.1, 0.15) is 5.60 Å². The molecule has 1 aliphatic rings. The standard InChI is InChI=1S/C21H26ClN3O2/c1-21(2,3)27-20(26)25-11-9-15(10-12-25)13-17-5-4-6-19(24-17)18-8-7-16(22)14-23-18/h4-8,14-15H,9-13H2,1-3H3. The summed E-state index contributed by atoms with van der Waals surface area (Å²) in [6.45, 7) is 7.15. The van der Waals surface area contributed by atoms with Crippen molar-refractivity contribution in [2.45, 2.75) is 45.6 Å². The summed E-state index contributed by atoms with van der Waals surface area (Å²) in [4.78, 5) is 23.1. The maximum absolute atomic E-state index is 12.2. The van der Waals surface area contributed by atoms with Crippen molar-refractivity contribution in [3.8, 4) is 11.4 Å². The number of amides is 1. The van der Waals surface area contributed by atoms with Crippen LogP contribution in [-0.2, 0) is 11.2 Å². The molecule has 0 saturated carbocycles. The first kappa shape index (κ1) is 19.6. The predicted octanol–water partition coefficient (Wildman–Crippen LogP) is 4.99. The molecule has 27 heavy (non-hydrogen) atoms. The van der Waals surface area contributed by atoms with Crippen LogP contribution in [0.1, 0.15) is 39.3 Å². The molecule has 0 unspecified atom stereocenters. The highest BCUT2D eigenvalue weighted by atomic mass is 35.5. The number of likely N-dealkylation sites (tertiary alicyclic amines) is 1. The third-order valence-corrected chi connectivity index (χ3v) is 4.78. The third-order valence-electron chi connectivity index (χ3n) is 4.56. The van der Waals surface area contributed by atoms with E-state index in [0.717, 1.165) is 49.4 Å². The molecule has 144 valence electrons. The van der Waals surface area contributed by atoms with E-state index in [0.29, 0.717) is 10.9 Å². The first-order valence-electron chi connectivity index (χ1n) is 9.36. The molecule has 1 saturated heterocycles. The largest absolute Gasteiger partial charge is 0.444 e. The van der Waals surface area contributed by atoms with Crippen LogP contribution in [0, 0.1) is 5.92 Å². The molecule has 0 aromatic carbocycles. The molecule has 6 heteroatoms. The number of ether oxygens (including phenoxy) is 1. The number of piperidine rings is 1. The molecule has 1 fully saturated rings. The maximum atomic E-state index is 12.2. The van der Waals surface area contributed by atoms with Crippen molar-refractivity contribution in [2.24, 2.45) is 5.92 Å². The predicted molar refractivity (Wildman–Crippen MR) is 107 cm³/mol.